The van der Waals surface area contributed by atoms with E-state index in [1.54, 1.807) is 0 Å². The van der Waals surface area contributed by atoms with Gasteiger partial charge in [-0.15, -0.1) is 11.3 Å². The highest BCUT2D eigenvalue weighted by molar-refractivity contribution is 7.20. The SMILES string of the molecule is C[C@H]1CC(=O)N[C@@H](C(=O)NCC(=O)c2cc3ccccc3s2)C1. The molecule has 0 spiro atoms. The van der Waals surface area contributed by atoms with Gasteiger partial charge in [-0.2, -0.15) is 0 Å². The molecular formula is C17H18N2O3S. The second-order valence-corrected chi connectivity index (χ2v) is 7.04. The summed E-state index contributed by atoms with van der Waals surface area (Å²) in [4.78, 5) is 36.5. The molecule has 1 aromatic heterocycles. The molecule has 1 aliphatic rings. The number of carbonyl (C=O) groups is 3. The molecule has 0 bridgehead atoms. The molecule has 23 heavy (non-hydrogen) atoms. The summed E-state index contributed by atoms with van der Waals surface area (Å²) >= 11 is 1.42. The first-order valence-corrected chi connectivity index (χ1v) is 8.43. The second kappa shape index (κ2) is 6.50. The van der Waals surface area contributed by atoms with Crippen molar-refractivity contribution in [2.75, 3.05) is 6.54 Å². The molecule has 1 fully saturated rings. The number of hydrogen-bond donors (Lipinski definition) is 2. The van der Waals surface area contributed by atoms with Crippen LogP contribution >= 0.6 is 11.3 Å². The highest BCUT2D eigenvalue weighted by atomic mass is 32.1. The molecule has 2 heterocycles. The molecule has 1 aliphatic heterocycles. The lowest BCUT2D eigenvalue weighted by Crippen LogP contribution is -2.51. The lowest BCUT2D eigenvalue weighted by atomic mass is 9.93. The van der Waals surface area contributed by atoms with Crippen LogP contribution in [0.5, 0.6) is 0 Å². The largest absolute Gasteiger partial charge is 0.347 e. The molecule has 0 radical (unpaired) electrons. The number of benzene rings is 1. The van der Waals surface area contributed by atoms with Crippen LogP contribution in [0.3, 0.4) is 0 Å². The Morgan fingerprint density at radius 2 is 2.13 bits per heavy atom. The fraction of sp³-hybridized carbons (Fsp3) is 0.353. The third-order valence-corrected chi connectivity index (χ3v) is 5.10. The van der Waals surface area contributed by atoms with Gasteiger partial charge in [0.1, 0.15) is 6.04 Å². The smallest absolute Gasteiger partial charge is 0.242 e. The topological polar surface area (TPSA) is 75.3 Å². The van der Waals surface area contributed by atoms with E-state index in [1.807, 2.05) is 37.3 Å². The lowest BCUT2D eigenvalue weighted by molar-refractivity contribution is -0.132. The zero-order valence-electron chi connectivity index (χ0n) is 12.8. The molecule has 0 unspecified atom stereocenters. The van der Waals surface area contributed by atoms with Gasteiger partial charge in [-0.1, -0.05) is 25.1 Å². The number of ketones is 1. The Morgan fingerprint density at radius 1 is 1.35 bits per heavy atom. The van der Waals surface area contributed by atoms with Crippen molar-refractivity contribution in [2.45, 2.75) is 25.8 Å². The quantitative estimate of drug-likeness (QED) is 0.843. The van der Waals surface area contributed by atoms with Crippen LogP contribution in [-0.4, -0.2) is 30.2 Å². The Kier molecular flexibility index (Phi) is 4.43. The van der Waals surface area contributed by atoms with E-state index >= 15 is 0 Å². The second-order valence-electron chi connectivity index (χ2n) is 5.95. The average Bonchev–Trinajstić information content (AvgIpc) is 2.95. The molecule has 120 valence electrons. The van der Waals surface area contributed by atoms with Crippen molar-refractivity contribution in [3.05, 3.63) is 35.2 Å². The number of hydrogen-bond acceptors (Lipinski definition) is 4. The van der Waals surface area contributed by atoms with E-state index in [9.17, 15) is 14.4 Å². The predicted octanol–water partition coefficient (Wildman–Crippen LogP) is 2.11. The van der Waals surface area contributed by atoms with E-state index in [0.717, 1.165) is 10.1 Å². The summed E-state index contributed by atoms with van der Waals surface area (Å²) in [6, 6.07) is 9.09. The summed E-state index contributed by atoms with van der Waals surface area (Å²) in [6.07, 6.45) is 1.05. The number of piperidine rings is 1. The van der Waals surface area contributed by atoms with E-state index < -0.39 is 6.04 Å². The highest BCUT2D eigenvalue weighted by Crippen LogP contribution is 2.25. The molecule has 2 aromatic rings. The molecule has 1 aromatic carbocycles. The number of fused-ring (bicyclic) bond motifs is 1. The standard InChI is InChI=1S/C17H18N2O3S/c1-10-6-12(19-16(21)7-10)17(22)18-9-13(20)15-8-11-4-2-3-5-14(11)23-15/h2-5,8,10,12H,6-7,9H2,1H3,(H,18,22)(H,19,21)/t10-,12-/m1/s1. The van der Waals surface area contributed by atoms with Crippen molar-refractivity contribution < 1.29 is 14.4 Å². The van der Waals surface area contributed by atoms with Crippen molar-refractivity contribution in [3.63, 3.8) is 0 Å². The number of Topliss-reactive ketones (excluding diaryl/α,β-unsaturated/α-hetero) is 1. The van der Waals surface area contributed by atoms with Gasteiger partial charge in [0, 0.05) is 11.1 Å². The van der Waals surface area contributed by atoms with Crippen molar-refractivity contribution in [1.82, 2.24) is 10.6 Å². The number of nitrogens with one attached hydrogen (secondary N) is 2. The van der Waals surface area contributed by atoms with Crippen LogP contribution in [0, 0.1) is 5.92 Å². The summed E-state index contributed by atoms with van der Waals surface area (Å²) in [7, 11) is 0. The minimum Gasteiger partial charge on any atom is -0.347 e. The van der Waals surface area contributed by atoms with Gasteiger partial charge in [-0.3, -0.25) is 14.4 Å². The monoisotopic (exact) mass is 330 g/mol. The van der Waals surface area contributed by atoms with E-state index in [2.05, 4.69) is 10.6 Å². The van der Waals surface area contributed by atoms with Gasteiger partial charge in [-0.05, 0) is 29.9 Å². The van der Waals surface area contributed by atoms with Crippen molar-refractivity contribution in [1.29, 1.82) is 0 Å². The van der Waals surface area contributed by atoms with Crippen molar-refractivity contribution in [2.24, 2.45) is 5.92 Å². The zero-order chi connectivity index (χ0) is 16.4. The van der Waals surface area contributed by atoms with Gasteiger partial charge in [-0.25, -0.2) is 0 Å². The molecule has 5 nitrogen and oxygen atoms in total. The molecule has 2 atom stereocenters. The van der Waals surface area contributed by atoms with Crippen LogP contribution in [-0.2, 0) is 9.59 Å². The fourth-order valence-electron chi connectivity index (χ4n) is 2.78. The Labute approximate surface area is 138 Å². The first kappa shape index (κ1) is 15.7. The predicted molar refractivity (Wildman–Crippen MR) is 89.5 cm³/mol. The Morgan fingerprint density at radius 3 is 2.87 bits per heavy atom. The van der Waals surface area contributed by atoms with E-state index in [1.165, 1.54) is 11.3 Å². The maximum Gasteiger partial charge on any atom is 0.242 e. The first-order chi connectivity index (χ1) is 11.0. The van der Waals surface area contributed by atoms with Crippen LogP contribution in [0.25, 0.3) is 10.1 Å². The first-order valence-electron chi connectivity index (χ1n) is 7.62. The summed E-state index contributed by atoms with van der Waals surface area (Å²) in [6.45, 7) is 1.90. The Bertz CT molecular complexity index is 735. The number of thiophene rings is 1. The van der Waals surface area contributed by atoms with Crippen molar-refractivity contribution in [3.8, 4) is 0 Å². The van der Waals surface area contributed by atoms with Crippen LogP contribution in [0.4, 0.5) is 0 Å². The van der Waals surface area contributed by atoms with Crippen LogP contribution in [0.15, 0.2) is 30.3 Å². The molecule has 0 saturated carbocycles. The maximum atomic E-state index is 12.2. The van der Waals surface area contributed by atoms with E-state index in [4.69, 9.17) is 0 Å². The highest BCUT2D eigenvalue weighted by Gasteiger charge is 2.29. The van der Waals surface area contributed by atoms with Gasteiger partial charge in [0.25, 0.3) is 0 Å². The summed E-state index contributed by atoms with van der Waals surface area (Å²) in [5.74, 6) is -0.341. The van der Waals surface area contributed by atoms with E-state index in [-0.39, 0.29) is 30.1 Å². The van der Waals surface area contributed by atoms with Gasteiger partial charge < -0.3 is 10.6 Å². The minimum atomic E-state index is -0.540. The molecule has 6 heteroatoms. The number of rotatable bonds is 4. The van der Waals surface area contributed by atoms with Crippen LogP contribution < -0.4 is 10.6 Å². The summed E-state index contributed by atoms with van der Waals surface area (Å²) in [5.41, 5.74) is 0. The molecule has 1 saturated heterocycles. The van der Waals surface area contributed by atoms with Crippen LogP contribution in [0.1, 0.15) is 29.4 Å². The normalized spacial score (nSPS) is 21.0. The minimum absolute atomic E-state index is 0.0492. The van der Waals surface area contributed by atoms with Gasteiger partial charge in [0.15, 0.2) is 5.78 Å². The Hall–Kier alpha value is -2.21. The summed E-state index contributed by atoms with van der Waals surface area (Å²) < 4.78 is 1.05. The zero-order valence-corrected chi connectivity index (χ0v) is 13.6. The molecule has 0 aliphatic carbocycles. The third-order valence-electron chi connectivity index (χ3n) is 3.95. The number of amides is 2. The molecule has 2 N–H and O–H groups in total. The van der Waals surface area contributed by atoms with Gasteiger partial charge in [0.2, 0.25) is 11.8 Å². The number of carbonyl (C=O) groups excluding carboxylic acids is 3. The summed E-state index contributed by atoms with van der Waals surface area (Å²) in [5, 5.41) is 6.34. The van der Waals surface area contributed by atoms with Crippen molar-refractivity contribution >= 4 is 39.0 Å². The fourth-order valence-corrected chi connectivity index (χ4v) is 3.78. The van der Waals surface area contributed by atoms with Gasteiger partial charge >= 0.3 is 0 Å². The molecule has 3 rings (SSSR count). The maximum absolute atomic E-state index is 12.2. The van der Waals surface area contributed by atoms with Crippen LogP contribution in [0.2, 0.25) is 0 Å². The third kappa shape index (κ3) is 3.59. The molecule has 2 amide bonds. The van der Waals surface area contributed by atoms with Gasteiger partial charge in [0.05, 0.1) is 11.4 Å². The Balaban J connectivity index is 1.60. The average molecular weight is 330 g/mol. The lowest BCUT2D eigenvalue weighted by Gasteiger charge is -2.26. The van der Waals surface area contributed by atoms with E-state index in [0.29, 0.717) is 17.7 Å². The molecular weight excluding hydrogens is 312 g/mol.